The van der Waals surface area contributed by atoms with E-state index < -0.39 is 0 Å². The van der Waals surface area contributed by atoms with E-state index in [2.05, 4.69) is 5.32 Å². The summed E-state index contributed by atoms with van der Waals surface area (Å²) in [5.74, 6) is 1.61. The van der Waals surface area contributed by atoms with E-state index in [-0.39, 0.29) is 17.5 Å². The van der Waals surface area contributed by atoms with Gasteiger partial charge in [0.25, 0.3) is 11.5 Å². The van der Waals surface area contributed by atoms with Crippen molar-refractivity contribution in [2.45, 2.75) is 51.5 Å². The van der Waals surface area contributed by atoms with Gasteiger partial charge in [-0.2, -0.15) is 0 Å². The first-order valence-corrected chi connectivity index (χ1v) is 14.4. The highest BCUT2D eigenvalue weighted by atomic mass is 32.2. The average molecular weight is 565 g/mol. The number of aryl methyl sites for hydroxylation is 1. The number of carbonyl (C=O) groups is 1. The maximum atomic E-state index is 13.7. The Morgan fingerprint density at radius 2 is 1.90 bits per heavy atom. The molecule has 2 aliphatic rings. The molecule has 3 heterocycles. The second kappa shape index (κ2) is 11.8. The van der Waals surface area contributed by atoms with Crippen molar-refractivity contribution in [1.29, 1.82) is 0 Å². The van der Waals surface area contributed by atoms with Gasteiger partial charge >= 0.3 is 0 Å². The highest BCUT2D eigenvalue weighted by Crippen LogP contribution is 2.34. The summed E-state index contributed by atoms with van der Waals surface area (Å²) in [6, 6.07) is 9.72. The van der Waals surface area contributed by atoms with E-state index in [1.807, 2.05) is 37.3 Å². The van der Waals surface area contributed by atoms with Crippen molar-refractivity contribution >= 4 is 51.7 Å². The monoisotopic (exact) mass is 564 g/mol. The quantitative estimate of drug-likeness (QED) is 0.295. The van der Waals surface area contributed by atoms with Crippen LogP contribution in [0.3, 0.4) is 0 Å². The molecule has 1 aliphatic carbocycles. The van der Waals surface area contributed by atoms with Crippen molar-refractivity contribution in [3.05, 3.63) is 68.5 Å². The van der Waals surface area contributed by atoms with Crippen LogP contribution < -0.4 is 20.3 Å². The Hall–Kier alpha value is -3.37. The summed E-state index contributed by atoms with van der Waals surface area (Å²) in [7, 11) is 3.19. The van der Waals surface area contributed by atoms with Gasteiger partial charge in [-0.05, 0) is 61.6 Å². The molecule has 1 aliphatic heterocycles. The molecule has 1 saturated carbocycles. The summed E-state index contributed by atoms with van der Waals surface area (Å²) >= 11 is 6.79. The number of amides is 1. The zero-order chi connectivity index (χ0) is 27.5. The maximum absolute atomic E-state index is 13.7. The second-order valence-electron chi connectivity index (χ2n) is 9.82. The van der Waals surface area contributed by atoms with E-state index in [0.717, 1.165) is 36.8 Å². The Morgan fingerprint density at radius 3 is 2.64 bits per heavy atom. The molecule has 204 valence electrons. The second-order valence-corrected chi connectivity index (χ2v) is 11.5. The third-order valence-corrected chi connectivity index (χ3v) is 8.63. The number of hydrogen-bond donors (Lipinski definition) is 1. The number of pyridine rings is 1. The number of hydrogen-bond acceptors (Lipinski definition) is 8. The van der Waals surface area contributed by atoms with Gasteiger partial charge < -0.3 is 14.8 Å². The van der Waals surface area contributed by atoms with Crippen LogP contribution in [0.25, 0.3) is 11.7 Å². The Bertz CT molecular complexity index is 1510. The van der Waals surface area contributed by atoms with Crippen molar-refractivity contribution < 1.29 is 14.3 Å². The minimum Gasteiger partial charge on any atom is -0.493 e. The molecule has 8 nitrogen and oxygen atoms in total. The Balaban J connectivity index is 1.44. The lowest BCUT2D eigenvalue weighted by Crippen LogP contribution is -2.30. The molecule has 0 spiro atoms. The molecule has 3 aromatic rings. The van der Waals surface area contributed by atoms with Crippen LogP contribution in [0.5, 0.6) is 11.5 Å². The van der Waals surface area contributed by atoms with E-state index in [1.54, 1.807) is 35.8 Å². The molecule has 1 aromatic carbocycles. The summed E-state index contributed by atoms with van der Waals surface area (Å²) in [6.45, 7) is 2.36. The predicted molar refractivity (Wildman–Crippen MR) is 160 cm³/mol. The summed E-state index contributed by atoms with van der Waals surface area (Å²) in [4.78, 5) is 34.0. The fraction of sp³-hybridized carbons (Fsp3) is 0.379. The van der Waals surface area contributed by atoms with Crippen molar-refractivity contribution in [3.63, 3.8) is 0 Å². The number of anilines is 1. The highest BCUT2D eigenvalue weighted by Gasteiger charge is 2.32. The minimum atomic E-state index is -0.211. The van der Waals surface area contributed by atoms with Crippen molar-refractivity contribution in [2.24, 2.45) is 0 Å². The number of nitrogens with zero attached hydrogens (tertiary/aromatic N) is 3. The van der Waals surface area contributed by atoms with Gasteiger partial charge in [-0.3, -0.25) is 18.9 Å². The number of thioether (sulfide) groups is 1. The van der Waals surface area contributed by atoms with E-state index in [4.69, 9.17) is 26.7 Å². The minimum absolute atomic E-state index is 0.206. The molecule has 1 saturated heterocycles. The maximum Gasteiger partial charge on any atom is 0.267 e. The van der Waals surface area contributed by atoms with Crippen LogP contribution in [-0.2, 0) is 11.2 Å². The molecule has 0 bridgehead atoms. The lowest BCUT2D eigenvalue weighted by Gasteiger charge is -2.24. The standard InChI is InChI=1S/C29H32N4O4S2/c1-18-8-7-14-32-26(18)31-25(30-20-9-5-4-6-10-20)21(27(32)34)17-24-28(35)33(29(38)39-24)15-13-19-11-12-22(36-2)23(16-19)37-3/h7-8,11-12,14,16-17,20,30H,4-6,9-10,13,15H2,1-3H3/b24-17+. The van der Waals surface area contributed by atoms with Crippen LogP contribution in [0.15, 0.2) is 46.2 Å². The molecule has 10 heteroatoms. The molecule has 5 rings (SSSR count). The SMILES string of the molecule is COc1ccc(CCN2C(=O)/C(=C\c3c(NC4CCCCC4)nc4c(C)cccn4c3=O)SC2=S)cc1OC. The van der Waals surface area contributed by atoms with Crippen LogP contribution >= 0.6 is 24.0 Å². The zero-order valence-electron chi connectivity index (χ0n) is 22.4. The Kier molecular flexibility index (Phi) is 8.23. The zero-order valence-corrected chi connectivity index (χ0v) is 24.0. The number of ether oxygens (including phenoxy) is 2. The number of aromatic nitrogens is 2. The van der Waals surface area contributed by atoms with E-state index >= 15 is 0 Å². The molecule has 2 aromatic heterocycles. The molecule has 39 heavy (non-hydrogen) atoms. The number of thiocarbonyl (C=S) groups is 1. The Labute approximate surface area is 237 Å². The van der Waals surface area contributed by atoms with Gasteiger partial charge in [0.15, 0.2) is 11.5 Å². The first-order valence-electron chi connectivity index (χ1n) is 13.1. The third kappa shape index (κ3) is 5.67. The van der Waals surface area contributed by atoms with Crippen LogP contribution in [0.1, 0.15) is 48.8 Å². The first-order chi connectivity index (χ1) is 18.9. The summed E-state index contributed by atoms with van der Waals surface area (Å²) in [6.07, 6.45) is 9.56. The number of rotatable bonds is 8. The van der Waals surface area contributed by atoms with Gasteiger partial charge in [-0.15, -0.1) is 0 Å². The topological polar surface area (TPSA) is 85.2 Å². The van der Waals surface area contributed by atoms with Crippen LogP contribution in [0, 0.1) is 6.92 Å². The summed E-state index contributed by atoms with van der Waals surface area (Å²) in [5.41, 5.74) is 2.69. The molecule has 2 fully saturated rings. The number of methoxy groups -OCH3 is 2. The number of benzene rings is 1. The number of carbonyl (C=O) groups excluding carboxylic acids is 1. The highest BCUT2D eigenvalue weighted by molar-refractivity contribution is 8.26. The normalized spacial score (nSPS) is 17.3. The first kappa shape index (κ1) is 27.2. The lowest BCUT2D eigenvalue weighted by molar-refractivity contribution is -0.122. The van der Waals surface area contributed by atoms with Crippen LogP contribution in [0.4, 0.5) is 5.82 Å². The van der Waals surface area contributed by atoms with E-state index in [1.165, 1.54) is 18.2 Å². The largest absolute Gasteiger partial charge is 0.493 e. The van der Waals surface area contributed by atoms with Gasteiger partial charge in [0, 0.05) is 18.8 Å². The van der Waals surface area contributed by atoms with Crippen molar-refractivity contribution in [2.75, 3.05) is 26.1 Å². The fourth-order valence-corrected chi connectivity index (χ4v) is 6.38. The summed E-state index contributed by atoms with van der Waals surface area (Å²) < 4.78 is 12.7. The van der Waals surface area contributed by atoms with Gasteiger partial charge in [0.2, 0.25) is 0 Å². The molecule has 0 radical (unpaired) electrons. The van der Waals surface area contributed by atoms with Crippen LogP contribution in [-0.4, -0.2) is 51.3 Å². The molecule has 1 amide bonds. The molecule has 0 atom stereocenters. The molecule has 0 unspecified atom stereocenters. The predicted octanol–water partition coefficient (Wildman–Crippen LogP) is 5.21. The molecule has 1 N–H and O–H groups in total. The number of fused-ring (bicyclic) bond motifs is 1. The van der Waals surface area contributed by atoms with Crippen molar-refractivity contribution in [1.82, 2.24) is 14.3 Å². The van der Waals surface area contributed by atoms with Gasteiger partial charge in [-0.25, -0.2) is 4.98 Å². The van der Waals surface area contributed by atoms with Crippen molar-refractivity contribution in [3.8, 4) is 11.5 Å². The van der Waals surface area contributed by atoms with Gasteiger partial charge in [0.1, 0.15) is 15.8 Å². The third-order valence-electron chi connectivity index (χ3n) is 7.25. The molecular formula is C29H32N4O4S2. The fourth-order valence-electron chi connectivity index (χ4n) is 5.09. The van der Waals surface area contributed by atoms with Gasteiger partial charge in [0.05, 0.1) is 24.7 Å². The smallest absolute Gasteiger partial charge is 0.267 e. The lowest BCUT2D eigenvalue weighted by atomic mass is 9.95. The van der Waals surface area contributed by atoms with Crippen LogP contribution in [0.2, 0.25) is 0 Å². The summed E-state index contributed by atoms with van der Waals surface area (Å²) in [5, 5.41) is 3.53. The number of nitrogens with one attached hydrogen (secondary N) is 1. The van der Waals surface area contributed by atoms with E-state index in [9.17, 15) is 9.59 Å². The average Bonchev–Trinajstić information content (AvgIpc) is 3.22. The Morgan fingerprint density at radius 1 is 1.13 bits per heavy atom. The van der Waals surface area contributed by atoms with E-state index in [0.29, 0.717) is 50.7 Å². The molecular weight excluding hydrogens is 532 g/mol. The van der Waals surface area contributed by atoms with Gasteiger partial charge in [-0.1, -0.05) is 55.4 Å².